The maximum Gasteiger partial charge on any atom is 0.407 e. The zero-order valence-electron chi connectivity index (χ0n) is 28.4. The topological polar surface area (TPSA) is 149 Å². The van der Waals surface area contributed by atoms with Gasteiger partial charge in [-0.05, 0) is 87.8 Å². The lowest BCUT2D eigenvalue weighted by molar-refractivity contribution is -0.121. The third kappa shape index (κ3) is 8.69. The summed E-state index contributed by atoms with van der Waals surface area (Å²) in [4.78, 5) is 31.1. The molecule has 0 saturated carbocycles. The van der Waals surface area contributed by atoms with E-state index in [1.165, 1.54) is 7.05 Å². The molecule has 262 valence electrons. The minimum absolute atomic E-state index is 0.0772. The van der Waals surface area contributed by atoms with Gasteiger partial charge in [0, 0.05) is 73.9 Å². The number of aryl methyl sites for hydroxylation is 1. The molecule has 0 spiro atoms. The number of carbonyl (C=O) groups is 2. The average molecular weight is 690 g/mol. The van der Waals surface area contributed by atoms with Gasteiger partial charge in [0.25, 0.3) is 0 Å². The van der Waals surface area contributed by atoms with Gasteiger partial charge in [-0.2, -0.15) is 14.5 Å². The Morgan fingerprint density at radius 3 is 2.51 bits per heavy atom. The number of ether oxygens (including phenoxy) is 1. The summed E-state index contributed by atoms with van der Waals surface area (Å²) in [6, 6.07) is 13.5. The van der Waals surface area contributed by atoms with Crippen LogP contribution in [0.2, 0.25) is 0 Å². The van der Waals surface area contributed by atoms with Gasteiger partial charge in [0.2, 0.25) is 15.9 Å². The molecule has 12 nitrogen and oxygen atoms in total. The Labute approximate surface area is 288 Å². The third-order valence-electron chi connectivity index (χ3n) is 9.58. The number of H-pyrrole nitrogens is 1. The summed E-state index contributed by atoms with van der Waals surface area (Å²) in [6.45, 7) is 4.17. The molecule has 49 heavy (non-hydrogen) atoms. The quantitative estimate of drug-likeness (QED) is 0.187. The molecule has 3 N–H and O–H groups in total. The molecule has 13 heteroatoms. The van der Waals surface area contributed by atoms with E-state index in [1.807, 2.05) is 13.0 Å². The van der Waals surface area contributed by atoms with Crippen LogP contribution in [0.1, 0.15) is 63.4 Å². The van der Waals surface area contributed by atoms with E-state index in [0.29, 0.717) is 19.4 Å². The number of benzene rings is 2. The minimum atomic E-state index is -3.97. The summed E-state index contributed by atoms with van der Waals surface area (Å²) in [6.07, 6.45) is 11.5. The average Bonchev–Trinajstić information content (AvgIpc) is 3.41. The van der Waals surface area contributed by atoms with Gasteiger partial charge in [-0.15, -0.1) is 0 Å². The van der Waals surface area contributed by atoms with E-state index < -0.39 is 27.7 Å². The molecule has 1 saturated heterocycles. The van der Waals surface area contributed by atoms with E-state index in [2.05, 4.69) is 67.2 Å². The van der Waals surface area contributed by atoms with E-state index in [4.69, 9.17) is 4.74 Å². The fourth-order valence-corrected chi connectivity index (χ4v) is 7.79. The fraction of sp³-hybridized carbons (Fsp3) is 0.500. The summed E-state index contributed by atoms with van der Waals surface area (Å²) in [5.41, 5.74) is 4.14. The lowest BCUT2D eigenvalue weighted by Gasteiger charge is -2.23. The molecule has 1 fully saturated rings. The lowest BCUT2D eigenvalue weighted by atomic mass is 10.0. The van der Waals surface area contributed by atoms with Crippen molar-refractivity contribution >= 4 is 38.6 Å². The van der Waals surface area contributed by atoms with Crippen molar-refractivity contribution in [1.29, 1.82) is 0 Å². The van der Waals surface area contributed by atoms with Crippen molar-refractivity contribution in [2.45, 2.75) is 81.4 Å². The van der Waals surface area contributed by atoms with Crippen LogP contribution in [0.3, 0.4) is 0 Å². The van der Waals surface area contributed by atoms with Crippen LogP contribution in [0.15, 0.2) is 69.7 Å². The van der Waals surface area contributed by atoms with E-state index in [1.54, 1.807) is 12.1 Å². The molecule has 1 aromatic heterocycles. The number of aromatic amines is 1. The molecule has 3 heterocycles. The molecule has 0 radical (unpaired) electrons. The maximum atomic E-state index is 13.7. The predicted molar refractivity (Wildman–Crippen MR) is 190 cm³/mol. The van der Waals surface area contributed by atoms with Crippen molar-refractivity contribution in [1.82, 2.24) is 19.9 Å². The molecule has 3 aliphatic rings. The number of likely N-dealkylation sites (N-methyl/N-ethyl adjacent to an activating group) is 1. The zero-order chi connectivity index (χ0) is 34.4. The van der Waals surface area contributed by atoms with E-state index in [0.717, 1.165) is 95.8 Å². The number of nitrogens with zero attached hydrogens (tertiary/aromatic N) is 4. The first-order valence-electron chi connectivity index (χ1n) is 17.4. The molecular formula is C36H47N7O5S. The number of aromatic nitrogens is 1. The molecule has 2 amide bonds. The number of allylic oxidation sites excluding steroid dienone is 2. The molecule has 6 rings (SSSR count). The predicted octanol–water partition coefficient (Wildman–Crippen LogP) is 6.04. The number of carbonyl (C=O) groups excluding carboxylic acids is 2. The number of fused-ring (bicyclic) bond motifs is 1. The van der Waals surface area contributed by atoms with Gasteiger partial charge in [0.15, 0.2) is 5.66 Å². The van der Waals surface area contributed by atoms with E-state index in [9.17, 15) is 18.0 Å². The molecule has 2 aliphatic heterocycles. The normalized spacial score (nSPS) is 19.4. The van der Waals surface area contributed by atoms with E-state index >= 15 is 0 Å². The maximum absolute atomic E-state index is 13.7. The minimum Gasteiger partial charge on any atom is -0.446 e. The number of nitrogens with one attached hydrogen (secondary N) is 3. The van der Waals surface area contributed by atoms with E-state index in [-0.39, 0.29) is 24.1 Å². The first-order chi connectivity index (χ1) is 23.6. The Balaban J connectivity index is 1.01. The van der Waals surface area contributed by atoms with Crippen LogP contribution in [0.4, 0.5) is 10.5 Å². The number of rotatable bonds is 13. The highest BCUT2D eigenvalue weighted by Crippen LogP contribution is 2.37. The molecule has 0 bridgehead atoms. The van der Waals surface area contributed by atoms with Gasteiger partial charge in [-0.3, -0.25) is 4.79 Å². The molecule has 2 aromatic carbocycles. The monoisotopic (exact) mass is 689 g/mol. The summed E-state index contributed by atoms with van der Waals surface area (Å²) in [5, 5.41) is 15.0. The number of sulfonamides is 1. The SMILES string of the molecule is Cc1ccc2cc(-c3cc(S(=O)(=O)N(C)CC(=O)NCCC4(CCNC(=O)O[C@@H]5CC/C=C/CCC5)N=N4)ccc3N3CCCC3)[nH]c2c1. The van der Waals surface area contributed by atoms with Crippen LogP contribution < -0.4 is 15.5 Å². The van der Waals surface area contributed by atoms with Crippen molar-refractivity contribution in [3.05, 3.63) is 60.2 Å². The van der Waals surface area contributed by atoms with Crippen molar-refractivity contribution in [2.24, 2.45) is 10.2 Å². The highest BCUT2D eigenvalue weighted by Gasteiger charge is 2.39. The Morgan fingerprint density at radius 2 is 1.73 bits per heavy atom. The van der Waals surface area contributed by atoms with Crippen LogP contribution in [0.25, 0.3) is 22.2 Å². The molecule has 1 atom stereocenters. The Kier molecular flexibility index (Phi) is 10.7. The highest BCUT2D eigenvalue weighted by atomic mass is 32.2. The van der Waals surface area contributed by atoms with Gasteiger partial charge >= 0.3 is 6.09 Å². The second kappa shape index (κ2) is 15.1. The van der Waals surface area contributed by atoms with Gasteiger partial charge in [-0.25, -0.2) is 13.2 Å². The van der Waals surface area contributed by atoms with Crippen molar-refractivity contribution in [3.63, 3.8) is 0 Å². The third-order valence-corrected chi connectivity index (χ3v) is 11.4. The number of anilines is 1. The highest BCUT2D eigenvalue weighted by molar-refractivity contribution is 7.89. The second-order valence-electron chi connectivity index (χ2n) is 13.4. The first-order valence-corrected chi connectivity index (χ1v) is 18.8. The summed E-state index contributed by atoms with van der Waals surface area (Å²) in [7, 11) is -2.55. The Hall–Kier alpha value is -4.23. The van der Waals surface area contributed by atoms with Crippen molar-refractivity contribution in [2.75, 3.05) is 44.7 Å². The Bertz CT molecular complexity index is 1820. The zero-order valence-corrected chi connectivity index (χ0v) is 29.2. The molecule has 3 aromatic rings. The van der Waals surface area contributed by atoms with Crippen LogP contribution in [0, 0.1) is 6.92 Å². The summed E-state index contributed by atoms with van der Waals surface area (Å²) >= 11 is 0. The lowest BCUT2D eigenvalue weighted by Crippen LogP contribution is -2.39. The van der Waals surface area contributed by atoms with Crippen LogP contribution in [-0.2, 0) is 19.6 Å². The first kappa shape index (κ1) is 34.6. The van der Waals surface area contributed by atoms with Gasteiger partial charge in [0.1, 0.15) is 6.10 Å². The fourth-order valence-electron chi connectivity index (χ4n) is 6.63. The van der Waals surface area contributed by atoms with Gasteiger partial charge in [-0.1, -0.05) is 24.3 Å². The molecule has 1 aliphatic carbocycles. The molecule has 0 unspecified atom stereocenters. The van der Waals surface area contributed by atoms with Gasteiger partial charge < -0.3 is 25.3 Å². The second-order valence-corrected chi connectivity index (χ2v) is 15.4. The summed E-state index contributed by atoms with van der Waals surface area (Å²) in [5.74, 6) is -0.419. The van der Waals surface area contributed by atoms with Crippen LogP contribution >= 0.6 is 0 Å². The molecular weight excluding hydrogens is 643 g/mol. The Morgan fingerprint density at radius 1 is 0.980 bits per heavy atom. The summed E-state index contributed by atoms with van der Waals surface area (Å²) < 4.78 is 34.1. The standard InChI is InChI=1S/C36H47N7O5S/c1-26-12-13-27-23-32(39-31(27)22-26)30-24-29(14-15-33(30)43-20-8-9-21-43)49(46,47)42(2)25-34(44)37-18-16-36(40-41-36)17-19-38-35(45)48-28-10-6-4-3-5-7-11-28/h3-4,12-15,22-24,28,39H,5-11,16-21,25H2,1-2H3,(H,37,44)(H,38,45)/b4-3+/t28-/m1/s1. The number of hydrogen-bond acceptors (Lipinski definition) is 8. The van der Waals surface area contributed by atoms with Crippen LogP contribution in [0.5, 0.6) is 0 Å². The number of alkyl carbamates (subject to hydrolysis) is 1. The smallest absolute Gasteiger partial charge is 0.407 e. The van der Waals surface area contributed by atoms with Gasteiger partial charge in [0.05, 0.1) is 11.4 Å². The van der Waals surface area contributed by atoms with Crippen molar-refractivity contribution < 1.29 is 22.7 Å². The largest absolute Gasteiger partial charge is 0.446 e. The number of amides is 2. The number of hydrogen-bond donors (Lipinski definition) is 3. The van der Waals surface area contributed by atoms with Crippen LogP contribution in [-0.4, -0.2) is 81.2 Å². The van der Waals surface area contributed by atoms with Crippen molar-refractivity contribution in [3.8, 4) is 11.3 Å².